The fourth-order valence-electron chi connectivity index (χ4n) is 2.88. The van der Waals surface area contributed by atoms with Crippen LogP contribution in [0.1, 0.15) is 26.3 Å². The third-order valence-corrected chi connectivity index (χ3v) is 4.11. The number of carbonyl (C=O) groups excluding carboxylic acids is 3. The summed E-state index contributed by atoms with van der Waals surface area (Å²) in [4.78, 5) is 35.7. The topological polar surface area (TPSA) is 122 Å². The van der Waals surface area contributed by atoms with Crippen molar-refractivity contribution in [2.75, 3.05) is 5.32 Å². The van der Waals surface area contributed by atoms with Crippen molar-refractivity contribution < 1.29 is 19.6 Å². The van der Waals surface area contributed by atoms with Crippen molar-refractivity contribution in [3.63, 3.8) is 0 Å². The number of benzene rings is 3. The van der Waals surface area contributed by atoms with Crippen LogP contribution in [0.3, 0.4) is 0 Å². The van der Waals surface area contributed by atoms with Gasteiger partial charge in [0.2, 0.25) is 5.91 Å². The van der Waals surface area contributed by atoms with Gasteiger partial charge in [-0.3, -0.25) is 19.6 Å². The van der Waals surface area contributed by atoms with Gasteiger partial charge in [0.05, 0.1) is 12.0 Å². The molecule has 0 saturated heterocycles. The van der Waals surface area contributed by atoms with Crippen molar-refractivity contribution in [1.82, 2.24) is 5.48 Å². The highest BCUT2D eigenvalue weighted by atomic mass is 16.5. The van der Waals surface area contributed by atoms with E-state index in [1.165, 1.54) is 12.1 Å². The Balaban J connectivity index is 1.96. The minimum absolute atomic E-state index is 0.0524. The summed E-state index contributed by atoms with van der Waals surface area (Å²) in [6.45, 7) is 0. The van der Waals surface area contributed by atoms with Gasteiger partial charge in [-0.05, 0) is 40.6 Å². The normalized spacial score (nSPS) is 10.4. The quantitative estimate of drug-likeness (QED) is 0.410. The van der Waals surface area contributed by atoms with E-state index in [4.69, 9.17) is 10.9 Å². The van der Waals surface area contributed by atoms with Crippen LogP contribution in [0, 0.1) is 0 Å². The van der Waals surface area contributed by atoms with E-state index >= 15 is 0 Å². The highest BCUT2D eigenvalue weighted by Crippen LogP contribution is 2.24. The molecule has 0 bridgehead atoms. The zero-order valence-electron chi connectivity index (χ0n) is 14.2. The summed E-state index contributed by atoms with van der Waals surface area (Å²) in [5.41, 5.74) is 8.49. The van der Waals surface area contributed by atoms with E-state index in [1.807, 2.05) is 30.3 Å². The summed E-state index contributed by atoms with van der Waals surface area (Å²) in [7, 11) is 0. The van der Waals surface area contributed by atoms with Gasteiger partial charge in [-0.2, -0.15) is 0 Å². The number of amides is 3. The van der Waals surface area contributed by atoms with Crippen LogP contribution in [-0.4, -0.2) is 22.9 Å². The molecule has 3 aromatic rings. The van der Waals surface area contributed by atoms with Gasteiger partial charge in [0.25, 0.3) is 11.8 Å². The average Bonchev–Trinajstić information content (AvgIpc) is 2.67. The van der Waals surface area contributed by atoms with Gasteiger partial charge in [0.15, 0.2) is 0 Å². The molecule has 3 aromatic carbocycles. The lowest BCUT2D eigenvalue weighted by atomic mass is 9.96. The number of nitrogens with one attached hydrogen (secondary N) is 2. The van der Waals surface area contributed by atoms with Gasteiger partial charge in [-0.25, -0.2) is 5.48 Å². The summed E-state index contributed by atoms with van der Waals surface area (Å²) in [6.07, 6.45) is -0.0524. The lowest BCUT2D eigenvalue weighted by molar-refractivity contribution is -0.117. The molecule has 0 aliphatic rings. The molecule has 27 heavy (non-hydrogen) atoms. The first kappa shape index (κ1) is 18.1. The van der Waals surface area contributed by atoms with Gasteiger partial charge in [-0.1, -0.05) is 36.4 Å². The summed E-state index contributed by atoms with van der Waals surface area (Å²) in [6, 6.07) is 16.9. The Morgan fingerprint density at radius 2 is 1.59 bits per heavy atom. The molecule has 0 radical (unpaired) electrons. The molecule has 0 aliphatic heterocycles. The van der Waals surface area contributed by atoms with E-state index in [9.17, 15) is 14.4 Å². The van der Waals surface area contributed by atoms with Crippen LogP contribution < -0.4 is 16.5 Å². The molecule has 0 aliphatic carbocycles. The first-order valence-electron chi connectivity index (χ1n) is 8.14. The first-order valence-corrected chi connectivity index (χ1v) is 8.14. The van der Waals surface area contributed by atoms with E-state index in [1.54, 1.807) is 23.7 Å². The molecule has 0 saturated carbocycles. The maximum Gasteiger partial charge on any atom is 0.274 e. The number of fused-ring (bicyclic) bond motifs is 1. The molecule has 0 aromatic heterocycles. The van der Waals surface area contributed by atoms with Crippen LogP contribution in [0.4, 0.5) is 5.69 Å². The summed E-state index contributed by atoms with van der Waals surface area (Å²) in [5.74, 6) is -1.56. The summed E-state index contributed by atoms with van der Waals surface area (Å²) < 4.78 is 0. The van der Waals surface area contributed by atoms with Gasteiger partial charge >= 0.3 is 0 Å². The average molecular weight is 363 g/mol. The number of carbonyl (C=O) groups is 3. The third-order valence-electron chi connectivity index (χ3n) is 4.11. The molecule has 0 fully saturated rings. The fourth-order valence-corrected chi connectivity index (χ4v) is 2.88. The van der Waals surface area contributed by atoms with Crippen LogP contribution >= 0.6 is 0 Å². The Labute approximate surface area is 154 Å². The second kappa shape index (κ2) is 7.67. The minimum Gasteiger partial charge on any atom is -0.369 e. The lowest BCUT2D eigenvalue weighted by Gasteiger charge is -2.13. The maximum absolute atomic E-state index is 12.9. The highest BCUT2D eigenvalue weighted by Gasteiger charge is 2.17. The molecule has 0 heterocycles. The Bertz CT molecular complexity index is 1030. The predicted molar refractivity (Wildman–Crippen MR) is 100 cm³/mol. The predicted octanol–water partition coefficient (Wildman–Crippen LogP) is 2.24. The Morgan fingerprint density at radius 1 is 0.889 bits per heavy atom. The van der Waals surface area contributed by atoms with Crippen LogP contribution in [0.5, 0.6) is 0 Å². The molecule has 7 heteroatoms. The number of hydroxylamine groups is 1. The van der Waals surface area contributed by atoms with Crippen LogP contribution in [-0.2, 0) is 11.2 Å². The number of nitrogens with two attached hydrogens (primary N) is 1. The Morgan fingerprint density at radius 3 is 2.26 bits per heavy atom. The monoisotopic (exact) mass is 363 g/mol. The molecule has 7 nitrogen and oxygen atoms in total. The molecule has 3 rings (SSSR count). The van der Waals surface area contributed by atoms with Crippen molar-refractivity contribution in [3.8, 4) is 0 Å². The third kappa shape index (κ3) is 3.94. The lowest BCUT2D eigenvalue weighted by Crippen LogP contribution is -2.20. The Kier molecular flexibility index (Phi) is 5.14. The fraction of sp³-hybridized carbons (Fsp3) is 0.0500. The first-order chi connectivity index (χ1) is 13.0. The molecule has 3 amide bonds. The number of rotatable bonds is 5. The van der Waals surface area contributed by atoms with Gasteiger partial charge < -0.3 is 11.1 Å². The number of hydrogen-bond acceptors (Lipinski definition) is 4. The van der Waals surface area contributed by atoms with Gasteiger partial charge in [0, 0.05) is 11.3 Å². The summed E-state index contributed by atoms with van der Waals surface area (Å²) in [5, 5.41) is 13.0. The molecule has 5 N–H and O–H groups in total. The zero-order valence-corrected chi connectivity index (χ0v) is 14.2. The van der Waals surface area contributed by atoms with Crippen molar-refractivity contribution in [3.05, 3.63) is 77.4 Å². The number of hydrogen-bond donors (Lipinski definition) is 4. The van der Waals surface area contributed by atoms with E-state index < -0.39 is 11.8 Å². The molecule has 0 atom stereocenters. The largest absolute Gasteiger partial charge is 0.369 e. The smallest absolute Gasteiger partial charge is 0.274 e. The van der Waals surface area contributed by atoms with Crippen molar-refractivity contribution >= 4 is 34.2 Å². The molecule has 0 spiro atoms. The van der Waals surface area contributed by atoms with Crippen molar-refractivity contribution in [1.29, 1.82) is 0 Å². The molecule has 0 unspecified atom stereocenters. The van der Waals surface area contributed by atoms with E-state index in [0.717, 1.165) is 5.39 Å². The van der Waals surface area contributed by atoms with Gasteiger partial charge in [-0.15, -0.1) is 0 Å². The highest BCUT2D eigenvalue weighted by molar-refractivity contribution is 6.14. The zero-order chi connectivity index (χ0) is 19.4. The maximum atomic E-state index is 12.9. The minimum atomic E-state index is -0.648. The number of primary amides is 1. The number of anilines is 1. The Hall–Kier alpha value is -3.71. The SMILES string of the molecule is NC(=O)Cc1ccc2ccccc2c1C(=O)Nc1ccc(C(=O)NO)cc1. The molecular weight excluding hydrogens is 346 g/mol. The van der Waals surface area contributed by atoms with Crippen molar-refractivity contribution in [2.24, 2.45) is 5.73 Å². The standard InChI is InChI=1S/C20H17N3O4/c21-17(24)11-14-6-5-12-3-1-2-4-16(12)18(14)20(26)22-15-9-7-13(8-10-15)19(25)23-27/h1-10,27H,11H2,(H2,21,24)(H,22,26)(H,23,25). The van der Waals surface area contributed by atoms with Crippen LogP contribution in [0.25, 0.3) is 10.8 Å². The van der Waals surface area contributed by atoms with E-state index in [-0.39, 0.29) is 17.9 Å². The molecular formula is C20H17N3O4. The van der Waals surface area contributed by atoms with Crippen LogP contribution in [0.2, 0.25) is 0 Å². The van der Waals surface area contributed by atoms with Crippen LogP contribution in [0.15, 0.2) is 60.7 Å². The molecule has 136 valence electrons. The second-order valence-electron chi connectivity index (χ2n) is 5.94. The second-order valence-corrected chi connectivity index (χ2v) is 5.94. The van der Waals surface area contributed by atoms with E-state index in [2.05, 4.69) is 5.32 Å². The van der Waals surface area contributed by atoms with Crippen molar-refractivity contribution in [2.45, 2.75) is 6.42 Å². The summed E-state index contributed by atoms with van der Waals surface area (Å²) >= 11 is 0. The van der Waals surface area contributed by atoms with Gasteiger partial charge in [0.1, 0.15) is 0 Å². The van der Waals surface area contributed by atoms with E-state index in [0.29, 0.717) is 22.2 Å².